The van der Waals surface area contributed by atoms with Crippen LogP contribution >= 0.6 is 0 Å². The maximum absolute atomic E-state index is 13.0. The zero-order valence-corrected chi connectivity index (χ0v) is 18.1. The van der Waals surface area contributed by atoms with Crippen LogP contribution in [0.1, 0.15) is 22.3 Å². The number of fused-ring (bicyclic) bond motifs is 3. The third-order valence-corrected chi connectivity index (χ3v) is 5.56. The fourth-order valence-corrected chi connectivity index (χ4v) is 3.87. The van der Waals surface area contributed by atoms with Crippen LogP contribution in [0.15, 0.2) is 48.8 Å². The largest absolute Gasteiger partial charge is 0.416 e. The third-order valence-electron chi connectivity index (χ3n) is 5.56. The molecule has 4 rings (SSSR count). The lowest BCUT2D eigenvalue weighted by Crippen LogP contribution is -2.38. The molecule has 0 spiro atoms. The van der Waals surface area contributed by atoms with Gasteiger partial charge in [0, 0.05) is 37.4 Å². The number of aliphatic hydroxyl groups is 1. The lowest BCUT2D eigenvalue weighted by molar-refractivity contribution is -0.137. The molecule has 0 saturated heterocycles. The molecule has 0 radical (unpaired) electrons. The number of halogens is 3. The maximum Gasteiger partial charge on any atom is 0.416 e. The van der Waals surface area contributed by atoms with E-state index in [-0.39, 0.29) is 12.5 Å². The van der Waals surface area contributed by atoms with Gasteiger partial charge in [0.2, 0.25) is 0 Å². The Bertz CT molecular complexity index is 1290. The highest BCUT2D eigenvalue weighted by atomic mass is 19.4. The summed E-state index contributed by atoms with van der Waals surface area (Å²) in [6.45, 7) is 0.184. The van der Waals surface area contributed by atoms with Gasteiger partial charge in [-0.25, -0.2) is 4.98 Å². The maximum atomic E-state index is 13.0. The van der Waals surface area contributed by atoms with Gasteiger partial charge in [0.15, 0.2) is 5.65 Å². The first-order valence-corrected chi connectivity index (χ1v) is 10.3. The molecule has 2 aromatic heterocycles. The van der Waals surface area contributed by atoms with E-state index in [1.165, 1.54) is 12.1 Å². The van der Waals surface area contributed by atoms with Crippen molar-refractivity contribution in [2.45, 2.75) is 18.6 Å². The van der Waals surface area contributed by atoms with Crippen LogP contribution in [0, 0.1) is 0 Å². The minimum absolute atomic E-state index is 0.215. The van der Waals surface area contributed by atoms with Crippen LogP contribution in [0.25, 0.3) is 27.8 Å². The number of rotatable bonds is 7. The van der Waals surface area contributed by atoms with Gasteiger partial charge in [0.25, 0.3) is 5.91 Å². The number of hydrogen-bond acceptors (Lipinski definition) is 4. The van der Waals surface area contributed by atoms with Crippen molar-refractivity contribution in [1.29, 1.82) is 0 Å². The summed E-state index contributed by atoms with van der Waals surface area (Å²) in [7, 11) is 3.36. The molecule has 0 bridgehead atoms. The van der Waals surface area contributed by atoms with Crippen molar-refractivity contribution in [2.75, 3.05) is 20.3 Å². The van der Waals surface area contributed by atoms with Crippen LogP contribution in [0.2, 0.25) is 0 Å². The summed E-state index contributed by atoms with van der Waals surface area (Å²) in [5.41, 5.74) is 2.21. The molecular weight excluding hydrogens is 437 g/mol. The fraction of sp³-hybridized carbons (Fsp3) is 0.304. The summed E-state index contributed by atoms with van der Waals surface area (Å²) >= 11 is 0. The highest BCUT2D eigenvalue weighted by molar-refractivity contribution is 6.09. The first-order chi connectivity index (χ1) is 15.7. The van der Waals surface area contributed by atoms with E-state index in [4.69, 9.17) is 4.74 Å². The minimum Gasteiger partial charge on any atom is -0.394 e. The molecule has 10 heteroatoms. The van der Waals surface area contributed by atoms with E-state index in [9.17, 15) is 23.1 Å². The number of amides is 1. The number of hydrogen-bond donors (Lipinski definition) is 2. The zero-order valence-electron chi connectivity index (χ0n) is 18.1. The molecule has 1 amide bonds. The van der Waals surface area contributed by atoms with Crippen LogP contribution in [-0.2, 0) is 18.0 Å². The van der Waals surface area contributed by atoms with Crippen LogP contribution in [0.5, 0.6) is 0 Å². The monoisotopic (exact) mass is 460 g/mol. The Morgan fingerprint density at radius 1 is 1.21 bits per heavy atom. The molecule has 0 aliphatic rings. The molecule has 7 nitrogen and oxygen atoms in total. The number of aromatic nitrogens is 3. The van der Waals surface area contributed by atoms with Gasteiger partial charge < -0.3 is 19.7 Å². The van der Waals surface area contributed by atoms with Crippen LogP contribution in [0.4, 0.5) is 13.2 Å². The van der Waals surface area contributed by atoms with Crippen LogP contribution < -0.4 is 5.32 Å². The molecule has 2 N–H and O–H groups in total. The first kappa shape index (κ1) is 22.8. The Labute approximate surface area is 187 Å². The van der Waals surface area contributed by atoms with Crippen molar-refractivity contribution in [3.8, 4) is 5.69 Å². The highest BCUT2D eigenvalue weighted by Gasteiger charge is 2.30. The molecule has 0 aliphatic heterocycles. The highest BCUT2D eigenvalue weighted by Crippen LogP contribution is 2.34. The molecule has 0 aliphatic carbocycles. The number of nitrogens with zero attached hydrogens (tertiary/aromatic N) is 3. The number of imidazole rings is 1. The van der Waals surface area contributed by atoms with Gasteiger partial charge in [-0.15, -0.1) is 0 Å². The van der Waals surface area contributed by atoms with Gasteiger partial charge in [0.1, 0.15) is 0 Å². The number of aliphatic hydroxyl groups excluding tert-OH is 1. The summed E-state index contributed by atoms with van der Waals surface area (Å²) in [6.07, 6.45) is -2.34. The van der Waals surface area contributed by atoms with Crippen molar-refractivity contribution in [3.05, 3.63) is 59.9 Å². The first-order valence-electron chi connectivity index (χ1n) is 10.3. The molecule has 0 saturated carbocycles. The van der Waals surface area contributed by atoms with Crippen molar-refractivity contribution in [2.24, 2.45) is 7.05 Å². The Hall–Kier alpha value is -3.37. The van der Waals surface area contributed by atoms with Crippen LogP contribution in [-0.4, -0.2) is 51.5 Å². The van der Waals surface area contributed by atoms with Gasteiger partial charge in [-0.2, -0.15) is 13.2 Å². The number of carbonyl (C=O) groups excluding carboxylic acids is 1. The van der Waals surface area contributed by atoms with Crippen molar-refractivity contribution in [3.63, 3.8) is 0 Å². The number of nitrogens with one attached hydrogen (secondary N) is 1. The number of alkyl halides is 3. The molecule has 4 aromatic rings. The van der Waals surface area contributed by atoms with E-state index in [1.54, 1.807) is 40.8 Å². The second-order valence-electron chi connectivity index (χ2n) is 7.77. The molecule has 1 atom stereocenters. The van der Waals surface area contributed by atoms with Crippen LogP contribution in [0.3, 0.4) is 0 Å². The quantitative estimate of drug-likeness (QED) is 0.441. The molecule has 2 heterocycles. The smallest absolute Gasteiger partial charge is 0.394 e. The second-order valence-corrected chi connectivity index (χ2v) is 7.77. The molecule has 2 aromatic carbocycles. The summed E-state index contributed by atoms with van der Waals surface area (Å²) in [6, 6.07) is 9.53. The SMILES string of the molecule is COCC[C@H](CO)NC(=O)c1ccc2c(c1)c1c(ncn1C)n2-c1ccc(C(F)(F)F)cc1. The second kappa shape index (κ2) is 8.87. The minimum atomic E-state index is -4.42. The standard InChI is InChI=1S/C23H23F3N4O3/c1-29-13-27-21-20(29)18-11-14(22(32)28-16(12-31)9-10-33-2)3-8-19(18)30(21)17-6-4-15(5-7-17)23(24,25)26/h3-8,11,13,16,31H,9-10,12H2,1-2H3,(H,28,32)/t16-/m1/s1. The molecule has 0 fully saturated rings. The normalized spacial score (nSPS) is 13.0. The predicted molar refractivity (Wildman–Crippen MR) is 117 cm³/mol. The number of aryl methyl sites for hydroxylation is 1. The van der Waals surface area contributed by atoms with Gasteiger partial charge >= 0.3 is 6.18 Å². The average Bonchev–Trinajstić information content (AvgIpc) is 3.33. The van der Waals surface area contributed by atoms with E-state index < -0.39 is 17.8 Å². The van der Waals surface area contributed by atoms with E-state index in [1.807, 2.05) is 7.05 Å². The Kier molecular flexibility index (Phi) is 6.13. The van der Waals surface area contributed by atoms with Crippen molar-refractivity contribution >= 4 is 28.0 Å². The average molecular weight is 460 g/mol. The zero-order chi connectivity index (χ0) is 23.8. The van der Waals surface area contributed by atoms with Gasteiger partial charge in [-0.3, -0.25) is 9.36 Å². The summed E-state index contributed by atoms with van der Waals surface area (Å²) in [4.78, 5) is 17.2. The molecule has 33 heavy (non-hydrogen) atoms. The Morgan fingerprint density at radius 2 is 1.94 bits per heavy atom. The van der Waals surface area contributed by atoms with E-state index in [0.717, 1.165) is 23.0 Å². The molecular formula is C23H23F3N4O3. The van der Waals surface area contributed by atoms with Gasteiger partial charge in [-0.1, -0.05) is 0 Å². The van der Waals surface area contributed by atoms with Crippen molar-refractivity contribution in [1.82, 2.24) is 19.4 Å². The molecule has 174 valence electrons. The van der Waals surface area contributed by atoms with E-state index >= 15 is 0 Å². The van der Waals surface area contributed by atoms with E-state index in [0.29, 0.717) is 35.4 Å². The lowest BCUT2D eigenvalue weighted by Gasteiger charge is -2.16. The number of methoxy groups -OCH3 is 1. The number of carbonyl (C=O) groups is 1. The Balaban J connectivity index is 1.77. The van der Waals surface area contributed by atoms with Gasteiger partial charge in [0.05, 0.1) is 35.6 Å². The molecule has 0 unspecified atom stereocenters. The Morgan fingerprint density at radius 3 is 2.58 bits per heavy atom. The fourth-order valence-electron chi connectivity index (χ4n) is 3.87. The number of benzene rings is 2. The summed E-state index contributed by atoms with van der Waals surface area (Å²) in [5, 5.41) is 13.0. The van der Waals surface area contributed by atoms with Gasteiger partial charge in [-0.05, 0) is 48.9 Å². The summed E-state index contributed by atoms with van der Waals surface area (Å²) < 4.78 is 47.6. The third kappa shape index (κ3) is 4.31. The summed E-state index contributed by atoms with van der Waals surface area (Å²) in [5.74, 6) is -0.343. The van der Waals surface area contributed by atoms with E-state index in [2.05, 4.69) is 10.3 Å². The lowest BCUT2D eigenvalue weighted by atomic mass is 10.1. The van der Waals surface area contributed by atoms with Crippen molar-refractivity contribution < 1.29 is 27.8 Å². The number of ether oxygens (including phenoxy) is 1. The topological polar surface area (TPSA) is 81.3 Å². The predicted octanol–water partition coefficient (Wildman–Crippen LogP) is 3.66.